The SMILES string of the molecule is [N-]=[N+]=NC[C@@H](F)CCn1ccc(NC(=O)Cc2ccccc2)c(F)c1=O. The lowest BCUT2D eigenvalue weighted by Crippen LogP contribution is -2.26. The van der Waals surface area contributed by atoms with E-state index in [0.29, 0.717) is 0 Å². The Labute approximate surface area is 147 Å². The maximum atomic E-state index is 14.2. The normalized spacial score (nSPS) is 11.5. The Hall–Kier alpha value is -3.19. The quantitative estimate of drug-likeness (QED) is 0.443. The number of hydrogen-bond donors (Lipinski definition) is 1. The van der Waals surface area contributed by atoms with Crippen LogP contribution < -0.4 is 10.9 Å². The molecule has 9 heteroatoms. The summed E-state index contributed by atoms with van der Waals surface area (Å²) in [5, 5.41) is 5.46. The van der Waals surface area contributed by atoms with Gasteiger partial charge in [0.05, 0.1) is 18.7 Å². The second-order valence-corrected chi connectivity index (χ2v) is 5.55. The van der Waals surface area contributed by atoms with Gasteiger partial charge in [-0.15, -0.1) is 0 Å². The minimum atomic E-state index is -1.42. The van der Waals surface area contributed by atoms with Gasteiger partial charge in [0.15, 0.2) is 0 Å². The summed E-state index contributed by atoms with van der Waals surface area (Å²) in [4.78, 5) is 26.4. The second-order valence-electron chi connectivity index (χ2n) is 5.55. The van der Waals surface area contributed by atoms with E-state index in [2.05, 4.69) is 15.3 Å². The van der Waals surface area contributed by atoms with Crippen molar-refractivity contribution >= 4 is 11.6 Å². The topological polar surface area (TPSA) is 99.9 Å². The Morgan fingerprint density at radius 2 is 2.04 bits per heavy atom. The van der Waals surface area contributed by atoms with Crippen molar-refractivity contribution in [2.24, 2.45) is 5.11 Å². The summed E-state index contributed by atoms with van der Waals surface area (Å²) in [6.07, 6.45) is -0.195. The van der Waals surface area contributed by atoms with E-state index in [1.165, 1.54) is 12.3 Å². The summed E-state index contributed by atoms with van der Waals surface area (Å²) in [6.45, 7) is -0.419. The van der Waals surface area contributed by atoms with Crippen LogP contribution in [0, 0.1) is 5.82 Å². The molecule has 0 saturated carbocycles. The van der Waals surface area contributed by atoms with E-state index in [1.807, 2.05) is 6.07 Å². The smallest absolute Gasteiger partial charge is 0.288 e. The summed E-state index contributed by atoms with van der Waals surface area (Å²) in [6, 6.07) is 10.2. The van der Waals surface area contributed by atoms with Crippen LogP contribution in [0.2, 0.25) is 0 Å². The van der Waals surface area contributed by atoms with Gasteiger partial charge in [-0.2, -0.15) is 4.39 Å². The number of carbonyl (C=O) groups excluding carboxylic acids is 1. The van der Waals surface area contributed by atoms with Gasteiger partial charge in [0.2, 0.25) is 11.7 Å². The van der Waals surface area contributed by atoms with Crippen molar-refractivity contribution < 1.29 is 13.6 Å². The number of aryl methyl sites for hydroxylation is 1. The molecule has 2 aromatic rings. The minimum absolute atomic E-state index is 0.0479. The standard InChI is InChI=1S/C17H17F2N5O2/c18-13(11-21-23-20)6-8-24-9-7-14(16(19)17(24)26)22-15(25)10-12-4-2-1-3-5-12/h1-5,7,9,13H,6,8,10-11H2,(H,22,25)/t13-/m0/s1. The van der Waals surface area contributed by atoms with Crippen molar-refractivity contribution in [2.45, 2.75) is 25.6 Å². The Kier molecular flexibility index (Phi) is 6.87. The molecule has 136 valence electrons. The number of nitrogens with one attached hydrogen (secondary N) is 1. The number of pyridine rings is 1. The summed E-state index contributed by atoms with van der Waals surface area (Å²) in [5.74, 6) is -1.56. The third kappa shape index (κ3) is 5.42. The molecule has 2 rings (SSSR count). The van der Waals surface area contributed by atoms with Crippen LogP contribution in [-0.4, -0.2) is 23.2 Å². The predicted octanol–water partition coefficient (Wildman–Crippen LogP) is 3.21. The van der Waals surface area contributed by atoms with Crippen LogP contribution in [0.3, 0.4) is 0 Å². The van der Waals surface area contributed by atoms with E-state index in [4.69, 9.17) is 5.53 Å². The number of anilines is 1. The van der Waals surface area contributed by atoms with Crippen LogP contribution >= 0.6 is 0 Å². The number of azide groups is 1. The number of alkyl halides is 1. The molecule has 1 N–H and O–H groups in total. The highest BCUT2D eigenvalue weighted by atomic mass is 19.1. The average molecular weight is 361 g/mol. The lowest BCUT2D eigenvalue weighted by atomic mass is 10.1. The largest absolute Gasteiger partial charge is 0.323 e. The molecule has 1 aromatic carbocycles. The molecule has 0 unspecified atom stereocenters. The van der Waals surface area contributed by atoms with Gasteiger partial charge in [-0.05, 0) is 23.6 Å². The Bertz CT molecular complexity index is 863. The molecule has 0 radical (unpaired) electrons. The molecule has 0 bridgehead atoms. The van der Waals surface area contributed by atoms with Gasteiger partial charge >= 0.3 is 0 Å². The summed E-state index contributed by atoms with van der Waals surface area (Å²) < 4.78 is 28.6. The van der Waals surface area contributed by atoms with E-state index in [-0.39, 0.29) is 31.6 Å². The fourth-order valence-corrected chi connectivity index (χ4v) is 2.29. The van der Waals surface area contributed by atoms with Gasteiger partial charge in [0.25, 0.3) is 5.56 Å². The maximum Gasteiger partial charge on any atom is 0.288 e. The number of carbonyl (C=O) groups is 1. The van der Waals surface area contributed by atoms with Gasteiger partial charge in [-0.3, -0.25) is 9.59 Å². The van der Waals surface area contributed by atoms with Crippen molar-refractivity contribution in [3.63, 3.8) is 0 Å². The molecule has 0 saturated heterocycles. The minimum Gasteiger partial charge on any atom is -0.323 e. The first-order valence-electron chi connectivity index (χ1n) is 7.89. The zero-order chi connectivity index (χ0) is 18.9. The number of amides is 1. The van der Waals surface area contributed by atoms with E-state index in [9.17, 15) is 18.4 Å². The molecule has 1 atom stereocenters. The maximum absolute atomic E-state index is 14.2. The number of nitrogens with zero attached hydrogens (tertiary/aromatic N) is 4. The molecule has 0 aliphatic rings. The monoisotopic (exact) mass is 361 g/mol. The van der Waals surface area contributed by atoms with Crippen molar-refractivity contribution in [1.82, 2.24) is 4.57 Å². The lowest BCUT2D eigenvalue weighted by molar-refractivity contribution is -0.115. The Morgan fingerprint density at radius 3 is 2.73 bits per heavy atom. The Balaban J connectivity index is 2.01. The van der Waals surface area contributed by atoms with Gasteiger partial charge in [0, 0.05) is 17.7 Å². The van der Waals surface area contributed by atoms with Crippen LogP contribution in [0.5, 0.6) is 0 Å². The van der Waals surface area contributed by atoms with Crippen LogP contribution in [0.25, 0.3) is 10.4 Å². The summed E-state index contributed by atoms with van der Waals surface area (Å²) in [7, 11) is 0. The molecule has 7 nitrogen and oxygen atoms in total. The van der Waals surface area contributed by atoms with Crippen molar-refractivity contribution in [2.75, 3.05) is 11.9 Å². The predicted molar refractivity (Wildman–Crippen MR) is 93.0 cm³/mol. The molecule has 0 aliphatic heterocycles. The Morgan fingerprint density at radius 1 is 1.31 bits per heavy atom. The zero-order valence-corrected chi connectivity index (χ0v) is 13.8. The number of halogens is 2. The number of rotatable bonds is 8. The third-order valence-corrected chi connectivity index (χ3v) is 3.61. The first kappa shape index (κ1) is 19.1. The molecule has 1 amide bonds. The first-order valence-corrected chi connectivity index (χ1v) is 7.89. The fourth-order valence-electron chi connectivity index (χ4n) is 2.29. The van der Waals surface area contributed by atoms with Crippen LogP contribution in [0.4, 0.5) is 14.5 Å². The second kappa shape index (κ2) is 9.33. The molecular formula is C17H17F2N5O2. The first-order chi connectivity index (χ1) is 12.5. The van der Waals surface area contributed by atoms with E-state index in [1.54, 1.807) is 24.3 Å². The molecule has 0 fully saturated rings. The van der Waals surface area contributed by atoms with E-state index < -0.39 is 23.5 Å². The van der Waals surface area contributed by atoms with Crippen molar-refractivity contribution in [1.29, 1.82) is 0 Å². The zero-order valence-electron chi connectivity index (χ0n) is 13.8. The molecular weight excluding hydrogens is 344 g/mol. The molecule has 0 spiro atoms. The molecule has 0 aliphatic carbocycles. The molecule has 26 heavy (non-hydrogen) atoms. The van der Waals surface area contributed by atoms with Gasteiger partial charge in [-0.1, -0.05) is 35.4 Å². The highest BCUT2D eigenvalue weighted by Gasteiger charge is 2.14. The third-order valence-electron chi connectivity index (χ3n) is 3.61. The lowest BCUT2D eigenvalue weighted by Gasteiger charge is -2.11. The van der Waals surface area contributed by atoms with Gasteiger partial charge in [0.1, 0.15) is 6.17 Å². The number of benzene rings is 1. The van der Waals surface area contributed by atoms with E-state index in [0.717, 1.165) is 10.1 Å². The number of hydrogen-bond acceptors (Lipinski definition) is 3. The summed E-state index contributed by atoms with van der Waals surface area (Å²) >= 11 is 0. The van der Waals surface area contributed by atoms with Crippen molar-refractivity contribution in [3.05, 3.63) is 74.8 Å². The molecule has 1 heterocycles. The van der Waals surface area contributed by atoms with Gasteiger partial charge in [-0.25, -0.2) is 4.39 Å². The van der Waals surface area contributed by atoms with Crippen LogP contribution in [0.15, 0.2) is 52.5 Å². The van der Waals surface area contributed by atoms with Crippen molar-refractivity contribution in [3.8, 4) is 0 Å². The van der Waals surface area contributed by atoms with Crippen LogP contribution in [-0.2, 0) is 17.8 Å². The highest BCUT2D eigenvalue weighted by Crippen LogP contribution is 2.11. The van der Waals surface area contributed by atoms with Gasteiger partial charge < -0.3 is 9.88 Å². The van der Waals surface area contributed by atoms with Crippen LogP contribution in [0.1, 0.15) is 12.0 Å². The van der Waals surface area contributed by atoms with E-state index >= 15 is 0 Å². The summed E-state index contributed by atoms with van der Waals surface area (Å²) in [5.41, 5.74) is 7.70. The number of aromatic nitrogens is 1. The average Bonchev–Trinajstić information content (AvgIpc) is 2.64. The molecule has 1 aromatic heterocycles. The fraction of sp³-hybridized carbons (Fsp3) is 0.294. The highest BCUT2D eigenvalue weighted by molar-refractivity contribution is 5.92.